The monoisotopic (exact) mass is 175 g/mol. The highest BCUT2D eigenvalue weighted by Crippen LogP contribution is 2.01. The number of amides is 1. The lowest BCUT2D eigenvalue weighted by atomic mass is 10.1. The fourth-order valence-electron chi connectivity index (χ4n) is 1.02. The van der Waals surface area contributed by atoms with Gasteiger partial charge in [-0.05, 0) is 6.42 Å². The van der Waals surface area contributed by atoms with E-state index in [4.69, 9.17) is 5.11 Å². The number of hydrogen-bond donors (Lipinski definition) is 3. The highest BCUT2D eigenvalue weighted by atomic mass is 16.3. The molecule has 0 aromatic carbocycles. The Balaban J connectivity index is 3.86. The average molecular weight is 175 g/mol. The molecule has 0 saturated carbocycles. The summed E-state index contributed by atoms with van der Waals surface area (Å²) in [4.78, 5) is 10.6. The van der Waals surface area contributed by atoms with Gasteiger partial charge in [-0.2, -0.15) is 0 Å². The van der Waals surface area contributed by atoms with Gasteiger partial charge in [0.15, 0.2) is 0 Å². The first-order chi connectivity index (χ1) is 5.61. The summed E-state index contributed by atoms with van der Waals surface area (Å²) in [5.74, 6) is -0.232. The van der Waals surface area contributed by atoms with Crippen LogP contribution >= 0.6 is 0 Å². The number of nitrogens with one attached hydrogen (secondary N) is 1. The van der Waals surface area contributed by atoms with E-state index in [1.165, 1.54) is 6.92 Å². The molecule has 0 aliphatic rings. The Morgan fingerprint density at radius 1 is 1.58 bits per heavy atom. The second-order valence-corrected chi connectivity index (χ2v) is 2.85. The van der Waals surface area contributed by atoms with Gasteiger partial charge in [0, 0.05) is 6.92 Å². The van der Waals surface area contributed by atoms with Crippen LogP contribution in [0.15, 0.2) is 0 Å². The Kier molecular flexibility index (Phi) is 5.66. The lowest BCUT2D eigenvalue weighted by molar-refractivity contribution is -0.121. The quantitative estimate of drug-likeness (QED) is 0.534. The molecular weight excluding hydrogens is 158 g/mol. The Hall–Kier alpha value is -0.610. The highest BCUT2D eigenvalue weighted by Gasteiger charge is 2.17. The first kappa shape index (κ1) is 11.4. The Bertz CT molecular complexity index is 138. The fourth-order valence-corrected chi connectivity index (χ4v) is 1.02. The average Bonchev–Trinajstić information content (AvgIpc) is 2.00. The van der Waals surface area contributed by atoms with Gasteiger partial charge in [0.25, 0.3) is 0 Å². The molecule has 0 saturated heterocycles. The van der Waals surface area contributed by atoms with E-state index < -0.39 is 12.1 Å². The zero-order chi connectivity index (χ0) is 9.56. The highest BCUT2D eigenvalue weighted by molar-refractivity contribution is 5.73. The minimum absolute atomic E-state index is 0.221. The number of hydrogen-bond acceptors (Lipinski definition) is 3. The van der Waals surface area contributed by atoms with E-state index >= 15 is 0 Å². The molecule has 4 heteroatoms. The third-order valence-corrected chi connectivity index (χ3v) is 1.63. The topological polar surface area (TPSA) is 69.6 Å². The number of carbonyl (C=O) groups excluding carboxylic acids is 1. The molecule has 4 nitrogen and oxygen atoms in total. The van der Waals surface area contributed by atoms with Crippen LogP contribution in [0.2, 0.25) is 0 Å². The van der Waals surface area contributed by atoms with Crippen LogP contribution in [-0.4, -0.2) is 34.9 Å². The zero-order valence-electron chi connectivity index (χ0n) is 7.58. The molecule has 0 bridgehead atoms. The SMILES string of the molecule is CCCC(O)C(CO)NC(C)=O. The molecule has 3 N–H and O–H groups in total. The van der Waals surface area contributed by atoms with Gasteiger partial charge in [-0.15, -0.1) is 0 Å². The van der Waals surface area contributed by atoms with Crippen LogP contribution in [0, 0.1) is 0 Å². The number of carbonyl (C=O) groups is 1. The van der Waals surface area contributed by atoms with E-state index in [9.17, 15) is 9.90 Å². The van der Waals surface area contributed by atoms with Crippen LogP contribution in [0.3, 0.4) is 0 Å². The van der Waals surface area contributed by atoms with Crippen LogP contribution in [0.4, 0.5) is 0 Å². The Morgan fingerprint density at radius 2 is 2.17 bits per heavy atom. The third-order valence-electron chi connectivity index (χ3n) is 1.63. The van der Waals surface area contributed by atoms with Crippen molar-refractivity contribution in [2.24, 2.45) is 0 Å². The van der Waals surface area contributed by atoms with E-state index in [1.54, 1.807) is 0 Å². The standard InChI is InChI=1S/C8H17NO3/c1-3-4-8(12)7(5-10)9-6(2)11/h7-8,10,12H,3-5H2,1-2H3,(H,9,11). The van der Waals surface area contributed by atoms with Gasteiger partial charge in [0.1, 0.15) is 0 Å². The lowest BCUT2D eigenvalue weighted by Crippen LogP contribution is -2.44. The lowest BCUT2D eigenvalue weighted by Gasteiger charge is -2.20. The van der Waals surface area contributed by atoms with Crippen molar-refractivity contribution in [2.75, 3.05) is 6.61 Å². The Morgan fingerprint density at radius 3 is 2.50 bits per heavy atom. The summed E-state index contributed by atoms with van der Waals surface area (Å²) in [6, 6.07) is -0.526. The summed E-state index contributed by atoms with van der Waals surface area (Å²) in [5, 5.41) is 20.7. The van der Waals surface area contributed by atoms with Crippen LogP contribution in [-0.2, 0) is 4.79 Å². The van der Waals surface area contributed by atoms with E-state index in [0.717, 1.165) is 6.42 Å². The van der Waals surface area contributed by atoms with Gasteiger partial charge in [-0.1, -0.05) is 13.3 Å². The zero-order valence-corrected chi connectivity index (χ0v) is 7.58. The molecule has 0 aromatic rings. The maximum atomic E-state index is 10.6. The molecule has 0 aliphatic heterocycles. The molecule has 2 atom stereocenters. The van der Waals surface area contributed by atoms with Crippen molar-refractivity contribution >= 4 is 5.91 Å². The molecule has 0 spiro atoms. The van der Waals surface area contributed by atoms with E-state index in [1.807, 2.05) is 6.92 Å². The maximum absolute atomic E-state index is 10.6. The second-order valence-electron chi connectivity index (χ2n) is 2.85. The van der Waals surface area contributed by atoms with Crippen LogP contribution in [0.5, 0.6) is 0 Å². The third kappa shape index (κ3) is 4.31. The second kappa shape index (κ2) is 5.97. The van der Waals surface area contributed by atoms with E-state index in [0.29, 0.717) is 6.42 Å². The minimum Gasteiger partial charge on any atom is -0.394 e. The fraction of sp³-hybridized carbons (Fsp3) is 0.875. The molecule has 0 rings (SSSR count). The van der Waals surface area contributed by atoms with Gasteiger partial charge in [0.2, 0.25) is 5.91 Å². The van der Waals surface area contributed by atoms with Gasteiger partial charge < -0.3 is 15.5 Å². The van der Waals surface area contributed by atoms with Crippen LogP contribution < -0.4 is 5.32 Å². The summed E-state index contributed by atoms with van der Waals surface area (Å²) in [5.41, 5.74) is 0. The molecule has 2 unspecified atom stereocenters. The summed E-state index contributed by atoms with van der Waals surface area (Å²) in [7, 11) is 0. The molecule has 72 valence electrons. The number of rotatable bonds is 5. The van der Waals surface area contributed by atoms with E-state index in [2.05, 4.69) is 5.32 Å². The molecule has 1 amide bonds. The van der Waals surface area contributed by atoms with Crippen molar-refractivity contribution in [3.63, 3.8) is 0 Å². The van der Waals surface area contributed by atoms with Crippen molar-refractivity contribution < 1.29 is 15.0 Å². The van der Waals surface area contributed by atoms with Crippen molar-refractivity contribution in [1.29, 1.82) is 0 Å². The van der Waals surface area contributed by atoms with Crippen LogP contribution in [0.1, 0.15) is 26.7 Å². The van der Waals surface area contributed by atoms with Crippen LogP contribution in [0.25, 0.3) is 0 Å². The van der Waals surface area contributed by atoms with Crippen molar-refractivity contribution in [2.45, 2.75) is 38.8 Å². The molecule has 0 heterocycles. The van der Waals surface area contributed by atoms with Crippen molar-refractivity contribution in [1.82, 2.24) is 5.32 Å². The Labute approximate surface area is 72.6 Å². The minimum atomic E-state index is -0.649. The molecular formula is C8H17NO3. The smallest absolute Gasteiger partial charge is 0.217 e. The molecule has 0 aliphatic carbocycles. The molecule has 0 radical (unpaired) electrons. The van der Waals surface area contributed by atoms with E-state index in [-0.39, 0.29) is 12.5 Å². The van der Waals surface area contributed by atoms with Gasteiger partial charge in [0.05, 0.1) is 18.8 Å². The predicted octanol–water partition coefficient (Wildman–Crippen LogP) is -0.356. The van der Waals surface area contributed by atoms with Crippen molar-refractivity contribution in [3.8, 4) is 0 Å². The molecule has 0 aromatic heterocycles. The summed E-state index contributed by atoms with van der Waals surface area (Å²) < 4.78 is 0. The summed E-state index contributed by atoms with van der Waals surface area (Å²) in [6.07, 6.45) is 0.770. The van der Waals surface area contributed by atoms with Gasteiger partial charge in [-0.3, -0.25) is 4.79 Å². The largest absolute Gasteiger partial charge is 0.394 e. The predicted molar refractivity (Wildman–Crippen MR) is 45.6 cm³/mol. The number of aliphatic hydroxyl groups is 2. The van der Waals surface area contributed by atoms with Crippen molar-refractivity contribution in [3.05, 3.63) is 0 Å². The first-order valence-corrected chi connectivity index (χ1v) is 4.17. The maximum Gasteiger partial charge on any atom is 0.217 e. The summed E-state index contributed by atoms with van der Waals surface area (Å²) in [6.45, 7) is 3.08. The number of aliphatic hydroxyl groups excluding tert-OH is 2. The molecule has 12 heavy (non-hydrogen) atoms. The van der Waals surface area contributed by atoms with Gasteiger partial charge in [-0.25, -0.2) is 0 Å². The normalized spacial score (nSPS) is 15.3. The van der Waals surface area contributed by atoms with Gasteiger partial charge >= 0.3 is 0 Å². The first-order valence-electron chi connectivity index (χ1n) is 4.17. The summed E-state index contributed by atoms with van der Waals surface area (Å²) >= 11 is 0. The molecule has 0 fully saturated rings.